The fourth-order valence-electron chi connectivity index (χ4n) is 3.69. The van der Waals surface area contributed by atoms with Gasteiger partial charge in [-0.2, -0.15) is 0 Å². The first kappa shape index (κ1) is 21.7. The standard InChI is InChI=1S/C24H25ClN2O3/c1-2-16-30-24(29)27-14-12-18(13-15-27)17-22(19-6-4-3-5-7-19)26-23(28)20-8-10-21(25)11-9-20/h1,3-11,18,22H,12-17H2,(H,26,28). The average Bonchev–Trinajstić information content (AvgIpc) is 2.78. The molecule has 1 fully saturated rings. The largest absolute Gasteiger partial charge is 0.436 e. The predicted octanol–water partition coefficient (Wildman–Crippen LogP) is 4.68. The molecule has 1 heterocycles. The number of carbonyl (C=O) groups is 2. The highest BCUT2D eigenvalue weighted by atomic mass is 35.5. The first-order valence-corrected chi connectivity index (χ1v) is 10.4. The number of halogens is 1. The van der Waals surface area contributed by atoms with Gasteiger partial charge in [0.2, 0.25) is 0 Å². The lowest BCUT2D eigenvalue weighted by Crippen LogP contribution is -2.40. The molecule has 0 aromatic heterocycles. The van der Waals surface area contributed by atoms with E-state index in [1.807, 2.05) is 30.3 Å². The monoisotopic (exact) mass is 424 g/mol. The Morgan fingerprint density at radius 3 is 2.43 bits per heavy atom. The maximum Gasteiger partial charge on any atom is 0.410 e. The van der Waals surface area contributed by atoms with Crippen LogP contribution in [0.4, 0.5) is 4.79 Å². The van der Waals surface area contributed by atoms with Gasteiger partial charge in [-0.1, -0.05) is 47.9 Å². The molecule has 1 N–H and O–H groups in total. The third kappa shape index (κ3) is 6.01. The Balaban J connectivity index is 1.63. The van der Waals surface area contributed by atoms with E-state index in [4.69, 9.17) is 22.8 Å². The minimum absolute atomic E-state index is 0.00836. The summed E-state index contributed by atoms with van der Waals surface area (Å²) in [7, 11) is 0. The number of hydrogen-bond donors (Lipinski definition) is 1. The lowest BCUT2D eigenvalue weighted by atomic mass is 9.87. The molecule has 1 aliphatic rings. The highest BCUT2D eigenvalue weighted by Gasteiger charge is 2.27. The summed E-state index contributed by atoms with van der Waals surface area (Å²) in [5.41, 5.74) is 1.64. The van der Waals surface area contributed by atoms with Gasteiger partial charge in [-0.25, -0.2) is 4.79 Å². The molecular weight excluding hydrogens is 400 g/mol. The van der Waals surface area contributed by atoms with Crippen molar-refractivity contribution in [2.75, 3.05) is 19.7 Å². The van der Waals surface area contributed by atoms with E-state index in [1.165, 1.54) is 0 Å². The first-order chi connectivity index (χ1) is 14.6. The van der Waals surface area contributed by atoms with Crippen molar-refractivity contribution in [3.05, 3.63) is 70.7 Å². The van der Waals surface area contributed by atoms with Crippen LogP contribution in [0.15, 0.2) is 54.6 Å². The smallest absolute Gasteiger partial charge is 0.410 e. The minimum Gasteiger partial charge on any atom is -0.436 e. The number of amides is 2. The topological polar surface area (TPSA) is 58.6 Å². The van der Waals surface area contributed by atoms with Crippen molar-refractivity contribution in [2.45, 2.75) is 25.3 Å². The van der Waals surface area contributed by atoms with E-state index in [2.05, 4.69) is 11.2 Å². The molecular formula is C24H25ClN2O3. The summed E-state index contributed by atoms with van der Waals surface area (Å²) in [4.78, 5) is 26.5. The molecule has 1 saturated heterocycles. The quantitative estimate of drug-likeness (QED) is 0.685. The molecule has 0 aliphatic carbocycles. The highest BCUT2D eigenvalue weighted by molar-refractivity contribution is 6.30. The number of piperidine rings is 1. The molecule has 0 spiro atoms. The van der Waals surface area contributed by atoms with E-state index in [0.29, 0.717) is 29.6 Å². The fourth-order valence-corrected chi connectivity index (χ4v) is 3.81. The van der Waals surface area contributed by atoms with Crippen LogP contribution in [0.3, 0.4) is 0 Å². The average molecular weight is 425 g/mol. The summed E-state index contributed by atoms with van der Waals surface area (Å²) >= 11 is 5.93. The zero-order valence-electron chi connectivity index (χ0n) is 16.7. The van der Waals surface area contributed by atoms with Gasteiger partial charge < -0.3 is 15.0 Å². The van der Waals surface area contributed by atoms with Crippen LogP contribution in [0.5, 0.6) is 0 Å². The van der Waals surface area contributed by atoms with Gasteiger partial charge in [0, 0.05) is 23.7 Å². The Bertz CT molecular complexity index is 885. The molecule has 0 bridgehead atoms. The number of carbonyl (C=O) groups excluding carboxylic acids is 2. The zero-order chi connectivity index (χ0) is 21.3. The first-order valence-electron chi connectivity index (χ1n) is 10.0. The number of rotatable bonds is 6. The zero-order valence-corrected chi connectivity index (χ0v) is 17.5. The van der Waals surface area contributed by atoms with Crippen molar-refractivity contribution in [2.24, 2.45) is 5.92 Å². The van der Waals surface area contributed by atoms with E-state index in [9.17, 15) is 9.59 Å². The lowest BCUT2D eigenvalue weighted by molar-refractivity contribution is 0.0900. The van der Waals surface area contributed by atoms with Gasteiger partial charge in [0.1, 0.15) is 0 Å². The van der Waals surface area contributed by atoms with Gasteiger partial charge in [0.25, 0.3) is 5.91 Å². The van der Waals surface area contributed by atoms with Crippen LogP contribution in [-0.4, -0.2) is 36.6 Å². The third-order valence-corrected chi connectivity index (χ3v) is 5.59. The Kier molecular flexibility index (Phi) is 7.75. The predicted molar refractivity (Wildman–Crippen MR) is 117 cm³/mol. The van der Waals surface area contributed by atoms with Crippen molar-refractivity contribution < 1.29 is 14.3 Å². The summed E-state index contributed by atoms with van der Waals surface area (Å²) in [6.07, 6.45) is 7.29. The Hall–Kier alpha value is -2.97. The molecule has 2 amide bonds. The number of benzene rings is 2. The van der Waals surface area contributed by atoms with Crippen LogP contribution in [0, 0.1) is 18.3 Å². The van der Waals surface area contributed by atoms with Crippen LogP contribution in [0.2, 0.25) is 5.02 Å². The van der Waals surface area contributed by atoms with Gasteiger partial charge in [-0.3, -0.25) is 4.79 Å². The molecule has 5 nitrogen and oxygen atoms in total. The van der Waals surface area contributed by atoms with Gasteiger partial charge in [0.05, 0.1) is 6.04 Å². The maximum absolute atomic E-state index is 12.8. The summed E-state index contributed by atoms with van der Waals surface area (Å²) in [5.74, 6) is 2.57. The summed E-state index contributed by atoms with van der Waals surface area (Å²) in [6.45, 7) is 1.24. The van der Waals surface area contributed by atoms with E-state index in [-0.39, 0.29) is 24.6 Å². The molecule has 0 radical (unpaired) electrons. The molecule has 2 aromatic carbocycles. The number of hydrogen-bond acceptors (Lipinski definition) is 3. The molecule has 1 unspecified atom stereocenters. The molecule has 3 rings (SSSR count). The fraction of sp³-hybridized carbons (Fsp3) is 0.333. The number of nitrogens with one attached hydrogen (secondary N) is 1. The van der Waals surface area contributed by atoms with E-state index in [1.54, 1.807) is 29.2 Å². The molecule has 1 aliphatic heterocycles. The van der Waals surface area contributed by atoms with Crippen LogP contribution in [0.1, 0.15) is 41.2 Å². The normalized spacial score (nSPS) is 15.1. The van der Waals surface area contributed by atoms with Gasteiger partial charge >= 0.3 is 6.09 Å². The third-order valence-electron chi connectivity index (χ3n) is 5.33. The van der Waals surface area contributed by atoms with Crippen molar-refractivity contribution in [1.29, 1.82) is 0 Å². The second kappa shape index (κ2) is 10.7. The van der Waals surface area contributed by atoms with Gasteiger partial charge in [0.15, 0.2) is 6.61 Å². The number of terminal acetylenes is 1. The van der Waals surface area contributed by atoms with Crippen LogP contribution in [0.25, 0.3) is 0 Å². The number of nitrogens with zero attached hydrogens (tertiary/aromatic N) is 1. The van der Waals surface area contributed by atoms with Crippen LogP contribution in [-0.2, 0) is 4.74 Å². The molecule has 1 atom stereocenters. The van der Waals surface area contributed by atoms with E-state index in [0.717, 1.165) is 24.8 Å². The van der Waals surface area contributed by atoms with E-state index >= 15 is 0 Å². The van der Waals surface area contributed by atoms with Crippen LogP contribution >= 0.6 is 11.6 Å². The molecule has 6 heteroatoms. The molecule has 30 heavy (non-hydrogen) atoms. The number of likely N-dealkylation sites (tertiary alicyclic amines) is 1. The van der Waals surface area contributed by atoms with Crippen molar-refractivity contribution >= 4 is 23.6 Å². The lowest BCUT2D eigenvalue weighted by Gasteiger charge is -2.33. The summed E-state index contributed by atoms with van der Waals surface area (Å²) in [5, 5.41) is 3.76. The van der Waals surface area contributed by atoms with Crippen LogP contribution < -0.4 is 5.32 Å². The Morgan fingerprint density at radius 1 is 1.13 bits per heavy atom. The SMILES string of the molecule is C#CCOC(=O)N1CCC(CC(NC(=O)c2ccc(Cl)cc2)c2ccccc2)CC1. The molecule has 0 saturated carbocycles. The van der Waals surface area contributed by atoms with Crippen molar-refractivity contribution in [3.8, 4) is 12.3 Å². The second-order valence-electron chi connectivity index (χ2n) is 7.37. The molecule has 156 valence electrons. The highest BCUT2D eigenvalue weighted by Crippen LogP contribution is 2.29. The Morgan fingerprint density at radius 2 is 1.80 bits per heavy atom. The van der Waals surface area contributed by atoms with Gasteiger partial charge in [-0.15, -0.1) is 6.42 Å². The summed E-state index contributed by atoms with van der Waals surface area (Å²) in [6, 6.07) is 16.7. The minimum atomic E-state index is -0.359. The summed E-state index contributed by atoms with van der Waals surface area (Å²) < 4.78 is 5.01. The van der Waals surface area contributed by atoms with Crippen molar-refractivity contribution in [3.63, 3.8) is 0 Å². The Labute approximate surface area is 182 Å². The molecule has 2 aromatic rings. The number of ether oxygens (including phenoxy) is 1. The van der Waals surface area contributed by atoms with Crippen molar-refractivity contribution in [1.82, 2.24) is 10.2 Å². The van der Waals surface area contributed by atoms with E-state index < -0.39 is 0 Å². The second-order valence-corrected chi connectivity index (χ2v) is 7.80. The van der Waals surface area contributed by atoms with Gasteiger partial charge in [-0.05, 0) is 55.0 Å². The maximum atomic E-state index is 12.8.